The van der Waals surface area contributed by atoms with E-state index >= 15 is 0 Å². The molecule has 1 saturated heterocycles. The number of rotatable bonds is 3. The molecule has 0 spiro atoms. The van der Waals surface area contributed by atoms with Crippen LogP contribution in [0, 0.1) is 0 Å². The number of nitrogens with zero attached hydrogens (tertiary/aromatic N) is 1. The molecule has 4 nitrogen and oxygen atoms in total. The van der Waals surface area contributed by atoms with E-state index < -0.39 is 18.4 Å². The molecule has 1 heterocycles. The fraction of sp³-hybridized carbons (Fsp3) is 0.0833. The average Bonchev–Trinajstić information content (AvgIpc) is 2.60. The summed E-state index contributed by atoms with van der Waals surface area (Å²) < 4.78 is 0.241. The number of carbonyl (C=O) groups excluding carboxylic acids is 1. The van der Waals surface area contributed by atoms with Crippen molar-refractivity contribution >= 4 is 57.9 Å². The number of thioether (sulfide) groups is 1. The highest BCUT2D eigenvalue weighted by Gasteiger charge is 2.33. The number of thiocarbonyl (C=S) groups is 1. The molecule has 1 aliphatic rings. The van der Waals surface area contributed by atoms with E-state index in [0.29, 0.717) is 15.5 Å². The van der Waals surface area contributed by atoms with Gasteiger partial charge in [0.15, 0.2) is 0 Å². The summed E-state index contributed by atoms with van der Waals surface area (Å²) in [4.78, 5) is 24.1. The first-order chi connectivity index (χ1) is 8.99. The van der Waals surface area contributed by atoms with Crippen molar-refractivity contribution in [3.63, 3.8) is 0 Å². The van der Waals surface area contributed by atoms with Gasteiger partial charge < -0.3 is 5.11 Å². The second-order valence-electron chi connectivity index (χ2n) is 3.68. The lowest BCUT2D eigenvalue weighted by Gasteiger charge is -2.10. The summed E-state index contributed by atoms with van der Waals surface area (Å²) in [5.74, 6) is -1.51. The first-order valence-electron chi connectivity index (χ1n) is 5.20. The van der Waals surface area contributed by atoms with Gasteiger partial charge in [0.25, 0.3) is 5.91 Å². The molecule has 0 bridgehead atoms. The van der Waals surface area contributed by atoms with Gasteiger partial charge in [-0.2, -0.15) is 0 Å². The summed E-state index contributed by atoms with van der Waals surface area (Å²) in [6.45, 7) is -0.426. The summed E-state index contributed by atoms with van der Waals surface area (Å²) in [7, 11) is 0. The number of carbonyl (C=O) groups is 2. The zero-order valence-corrected chi connectivity index (χ0v) is 11.9. The summed E-state index contributed by atoms with van der Waals surface area (Å²) in [6.07, 6.45) is 1.61. The number of carboxylic acids is 1. The number of benzene rings is 1. The molecule has 1 aliphatic heterocycles. The molecule has 19 heavy (non-hydrogen) atoms. The SMILES string of the molecule is O=C(O)CN1C(=O)/C(=C\c2ccccc2Cl)SC1=S. The number of amides is 1. The number of hydrogen-bond donors (Lipinski definition) is 1. The standard InChI is InChI=1S/C12H8ClNO3S2/c13-8-4-2-1-3-7(8)5-9-11(17)14(6-10(15)16)12(18)19-9/h1-5H,6H2,(H,15,16)/b9-5+. The predicted octanol–water partition coefficient (Wildman–Crippen LogP) is 2.63. The molecule has 1 amide bonds. The van der Waals surface area contributed by atoms with Crippen molar-refractivity contribution in [2.45, 2.75) is 0 Å². The van der Waals surface area contributed by atoms with E-state index in [2.05, 4.69) is 0 Å². The van der Waals surface area contributed by atoms with Gasteiger partial charge in [-0.3, -0.25) is 14.5 Å². The van der Waals surface area contributed by atoms with Crippen LogP contribution in [0.4, 0.5) is 0 Å². The van der Waals surface area contributed by atoms with Crippen molar-refractivity contribution in [2.75, 3.05) is 6.54 Å². The molecule has 1 aromatic carbocycles. The van der Waals surface area contributed by atoms with Gasteiger partial charge in [0.1, 0.15) is 10.9 Å². The minimum Gasteiger partial charge on any atom is -0.480 e. The average molecular weight is 314 g/mol. The Hall–Kier alpha value is -1.37. The highest BCUT2D eigenvalue weighted by Crippen LogP contribution is 2.33. The predicted molar refractivity (Wildman–Crippen MR) is 79.0 cm³/mol. The summed E-state index contributed by atoms with van der Waals surface area (Å²) in [5.41, 5.74) is 0.694. The maximum absolute atomic E-state index is 12.0. The molecule has 0 aliphatic carbocycles. The Kier molecular flexibility index (Phi) is 4.24. The fourth-order valence-electron chi connectivity index (χ4n) is 1.50. The maximum atomic E-state index is 12.0. The zero-order valence-electron chi connectivity index (χ0n) is 9.50. The van der Waals surface area contributed by atoms with Gasteiger partial charge in [-0.15, -0.1) is 0 Å². The Bertz CT molecular complexity index is 600. The Morgan fingerprint density at radius 3 is 2.79 bits per heavy atom. The lowest BCUT2D eigenvalue weighted by Crippen LogP contribution is -2.33. The summed E-state index contributed by atoms with van der Waals surface area (Å²) in [6, 6.07) is 7.07. The Balaban J connectivity index is 2.28. The van der Waals surface area contributed by atoms with Gasteiger partial charge in [-0.1, -0.05) is 53.8 Å². The Labute approximate surface area is 124 Å². The smallest absolute Gasteiger partial charge is 0.323 e. The van der Waals surface area contributed by atoms with Gasteiger partial charge >= 0.3 is 5.97 Å². The van der Waals surface area contributed by atoms with E-state index in [1.165, 1.54) is 0 Å². The molecule has 98 valence electrons. The minimum atomic E-state index is -1.10. The Morgan fingerprint density at radius 1 is 1.47 bits per heavy atom. The molecule has 0 atom stereocenters. The van der Waals surface area contributed by atoms with Gasteiger partial charge in [0.2, 0.25) is 0 Å². The normalized spacial score (nSPS) is 17.3. The van der Waals surface area contributed by atoms with Crippen LogP contribution in [-0.2, 0) is 9.59 Å². The van der Waals surface area contributed by atoms with Crippen LogP contribution >= 0.6 is 35.6 Å². The monoisotopic (exact) mass is 313 g/mol. The van der Waals surface area contributed by atoms with Gasteiger partial charge in [-0.05, 0) is 17.7 Å². The van der Waals surface area contributed by atoms with E-state index in [4.69, 9.17) is 28.9 Å². The van der Waals surface area contributed by atoms with E-state index in [-0.39, 0.29) is 4.32 Å². The van der Waals surface area contributed by atoms with Crippen molar-refractivity contribution in [2.24, 2.45) is 0 Å². The number of hydrogen-bond acceptors (Lipinski definition) is 4. The third kappa shape index (κ3) is 3.15. The lowest BCUT2D eigenvalue weighted by atomic mass is 10.2. The van der Waals surface area contributed by atoms with Crippen LogP contribution in [0.5, 0.6) is 0 Å². The van der Waals surface area contributed by atoms with Crippen molar-refractivity contribution in [3.05, 3.63) is 39.8 Å². The van der Waals surface area contributed by atoms with Crippen molar-refractivity contribution in [3.8, 4) is 0 Å². The third-order valence-electron chi connectivity index (χ3n) is 2.36. The second-order valence-corrected chi connectivity index (χ2v) is 5.77. The van der Waals surface area contributed by atoms with E-state index in [1.54, 1.807) is 30.3 Å². The van der Waals surface area contributed by atoms with E-state index in [1.807, 2.05) is 0 Å². The highest BCUT2D eigenvalue weighted by atomic mass is 35.5. The van der Waals surface area contributed by atoms with Crippen LogP contribution < -0.4 is 0 Å². The van der Waals surface area contributed by atoms with Crippen LogP contribution in [0.25, 0.3) is 6.08 Å². The van der Waals surface area contributed by atoms with Crippen LogP contribution in [0.15, 0.2) is 29.2 Å². The van der Waals surface area contributed by atoms with Crippen molar-refractivity contribution in [1.82, 2.24) is 4.90 Å². The quantitative estimate of drug-likeness (QED) is 0.686. The van der Waals surface area contributed by atoms with Gasteiger partial charge in [-0.25, -0.2) is 0 Å². The number of aliphatic carboxylic acids is 1. The van der Waals surface area contributed by atoms with Crippen LogP contribution in [-0.4, -0.2) is 32.7 Å². The number of carboxylic acid groups (broad SMARTS) is 1. The molecule has 1 fully saturated rings. The largest absolute Gasteiger partial charge is 0.480 e. The van der Waals surface area contributed by atoms with Crippen molar-refractivity contribution < 1.29 is 14.7 Å². The Morgan fingerprint density at radius 2 is 2.16 bits per heavy atom. The third-order valence-corrected chi connectivity index (χ3v) is 4.08. The van der Waals surface area contributed by atoms with Crippen LogP contribution in [0.2, 0.25) is 5.02 Å². The fourth-order valence-corrected chi connectivity index (χ4v) is 2.94. The highest BCUT2D eigenvalue weighted by molar-refractivity contribution is 8.26. The molecule has 0 aromatic heterocycles. The maximum Gasteiger partial charge on any atom is 0.323 e. The number of halogens is 1. The topological polar surface area (TPSA) is 57.6 Å². The molecule has 7 heteroatoms. The molecule has 0 unspecified atom stereocenters. The molecular formula is C12H8ClNO3S2. The summed E-state index contributed by atoms with van der Waals surface area (Å²) in [5, 5.41) is 9.25. The van der Waals surface area contributed by atoms with Crippen molar-refractivity contribution in [1.29, 1.82) is 0 Å². The van der Waals surface area contributed by atoms with E-state index in [9.17, 15) is 9.59 Å². The zero-order chi connectivity index (χ0) is 14.0. The first kappa shape index (κ1) is 14.0. The van der Waals surface area contributed by atoms with Gasteiger partial charge in [0.05, 0.1) is 4.91 Å². The molecule has 1 N–H and O–H groups in total. The van der Waals surface area contributed by atoms with Gasteiger partial charge in [0, 0.05) is 5.02 Å². The van der Waals surface area contributed by atoms with Crippen LogP contribution in [0.3, 0.4) is 0 Å². The molecule has 0 radical (unpaired) electrons. The van der Waals surface area contributed by atoms with E-state index in [0.717, 1.165) is 16.7 Å². The first-order valence-corrected chi connectivity index (χ1v) is 6.81. The molecular weight excluding hydrogens is 306 g/mol. The minimum absolute atomic E-state index is 0.241. The summed E-state index contributed by atoms with van der Waals surface area (Å²) >= 11 is 12.1. The molecule has 2 rings (SSSR count). The molecule has 0 saturated carbocycles. The second kappa shape index (κ2) is 5.73. The van der Waals surface area contributed by atoms with Crippen LogP contribution in [0.1, 0.15) is 5.56 Å². The lowest BCUT2D eigenvalue weighted by molar-refractivity contribution is -0.140. The molecule has 1 aromatic rings.